The van der Waals surface area contributed by atoms with Crippen molar-refractivity contribution in [2.24, 2.45) is 0 Å². The van der Waals surface area contributed by atoms with Gasteiger partial charge in [0.15, 0.2) is 0 Å². The number of halogens is 1. The van der Waals surface area contributed by atoms with Crippen LogP contribution in [0.1, 0.15) is 24.0 Å². The number of alkyl halides is 1. The molecular formula is C11H10Br. The maximum Gasteiger partial charge on any atom is 0.0221 e. The van der Waals surface area contributed by atoms with Gasteiger partial charge >= 0.3 is 0 Å². The Bertz CT molecular complexity index is 313. The van der Waals surface area contributed by atoms with Crippen LogP contribution in [0.3, 0.4) is 0 Å². The lowest BCUT2D eigenvalue weighted by atomic mass is 9.99. The van der Waals surface area contributed by atoms with Crippen LogP contribution in [0.5, 0.6) is 0 Å². The molecule has 0 saturated carbocycles. The van der Waals surface area contributed by atoms with Crippen LogP contribution in [0.2, 0.25) is 0 Å². The summed E-state index contributed by atoms with van der Waals surface area (Å²) < 4.78 is 0. The fourth-order valence-corrected chi connectivity index (χ4v) is 2.08. The molecule has 0 amide bonds. The van der Waals surface area contributed by atoms with Crippen molar-refractivity contribution in [1.82, 2.24) is 0 Å². The predicted octanol–water partition coefficient (Wildman–Crippen LogP) is 3.38. The summed E-state index contributed by atoms with van der Waals surface area (Å²) in [6, 6.07) is 9.26. The first-order chi connectivity index (χ1) is 5.79. The van der Waals surface area contributed by atoms with Gasteiger partial charge in [-0.2, -0.15) is 0 Å². The number of benzene rings is 1. The second-order valence-electron chi connectivity index (χ2n) is 3.12. The van der Waals surface area contributed by atoms with Gasteiger partial charge in [-0.1, -0.05) is 47.1 Å². The molecule has 61 valence electrons. The Morgan fingerprint density at radius 3 is 3.17 bits per heavy atom. The summed E-state index contributed by atoms with van der Waals surface area (Å²) in [7, 11) is 0. The first kappa shape index (κ1) is 8.06. The summed E-state index contributed by atoms with van der Waals surface area (Å²) in [4.78, 5) is 0.511. The molecule has 0 nitrogen and oxygen atoms in total. The van der Waals surface area contributed by atoms with E-state index >= 15 is 0 Å². The van der Waals surface area contributed by atoms with Crippen molar-refractivity contribution < 1.29 is 0 Å². The van der Waals surface area contributed by atoms with Gasteiger partial charge in [-0.25, -0.2) is 0 Å². The summed E-state index contributed by atoms with van der Waals surface area (Å²) in [6.45, 7) is 2.18. The Labute approximate surface area is 81.4 Å². The predicted molar refractivity (Wildman–Crippen MR) is 55.4 cm³/mol. The van der Waals surface area contributed by atoms with Crippen molar-refractivity contribution in [2.45, 2.75) is 17.7 Å². The van der Waals surface area contributed by atoms with Crippen LogP contribution in [-0.4, -0.2) is 4.83 Å². The average molecular weight is 222 g/mol. The molecule has 0 spiro atoms. The molecule has 1 aromatic rings. The minimum absolute atomic E-state index is 0.511. The molecule has 1 aliphatic carbocycles. The topological polar surface area (TPSA) is 0 Å². The highest BCUT2D eigenvalue weighted by atomic mass is 79.9. The molecule has 12 heavy (non-hydrogen) atoms. The fourth-order valence-electron chi connectivity index (χ4n) is 1.61. The van der Waals surface area contributed by atoms with Crippen LogP contribution < -0.4 is 0 Å². The Hall–Kier alpha value is -0.560. The first-order valence-corrected chi connectivity index (χ1v) is 5.03. The van der Waals surface area contributed by atoms with E-state index in [9.17, 15) is 0 Å². The third kappa shape index (κ3) is 1.22. The third-order valence-electron chi connectivity index (χ3n) is 2.27. The first-order valence-electron chi connectivity index (χ1n) is 4.11. The van der Waals surface area contributed by atoms with Crippen molar-refractivity contribution in [3.63, 3.8) is 0 Å². The lowest BCUT2D eigenvalue weighted by Crippen LogP contribution is -2.03. The van der Waals surface area contributed by atoms with E-state index in [0.717, 1.165) is 0 Å². The van der Waals surface area contributed by atoms with Crippen molar-refractivity contribution in [1.29, 1.82) is 0 Å². The monoisotopic (exact) mass is 221 g/mol. The molecular weight excluding hydrogens is 212 g/mol. The van der Waals surface area contributed by atoms with Gasteiger partial charge in [0.2, 0.25) is 0 Å². The van der Waals surface area contributed by atoms with Crippen LogP contribution >= 0.6 is 15.9 Å². The summed E-state index contributed by atoms with van der Waals surface area (Å²) in [6.07, 6.45) is 4.42. The zero-order valence-corrected chi connectivity index (χ0v) is 8.51. The molecule has 0 aromatic heterocycles. The molecule has 2 atom stereocenters. The lowest BCUT2D eigenvalue weighted by molar-refractivity contribution is 0.851. The molecule has 1 heteroatoms. The Balaban J connectivity index is 2.42. The number of rotatable bonds is 1. The van der Waals surface area contributed by atoms with E-state index < -0.39 is 0 Å². The summed E-state index contributed by atoms with van der Waals surface area (Å²) >= 11 is 3.61. The zero-order valence-electron chi connectivity index (χ0n) is 6.92. The second-order valence-corrected chi connectivity index (χ2v) is 4.56. The van der Waals surface area contributed by atoms with E-state index in [1.165, 1.54) is 11.1 Å². The molecule has 1 radical (unpaired) electrons. The molecule has 2 rings (SSSR count). The molecule has 1 aromatic carbocycles. The lowest BCUT2D eigenvalue weighted by Gasteiger charge is -2.12. The van der Waals surface area contributed by atoms with E-state index in [4.69, 9.17) is 0 Å². The fraction of sp³-hybridized carbons (Fsp3) is 0.273. The van der Waals surface area contributed by atoms with E-state index in [1.54, 1.807) is 0 Å². The van der Waals surface area contributed by atoms with Gasteiger partial charge in [0.05, 0.1) is 0 Å². The highest BCUT2D eigenvalue weighted by Gasteiger charge is 2.20. The highest BCUT2D eigenvalue weighted by molar-refractivity contribution is 9.09. The standard InChI is InChI=1S/C11H10Br/c1-8(12)10-7-6-9-4-2-3-5-11(9)10/h3-8,10H,1H3. The van der Waals surface area contributed by atoms with Gasteiger partial charge in [0.25, 0.3) is 0 Å². The van der Waals surface area contributed by atoms with Crippen LogP contribution in [0.15, 0.2) is 24.3 Å². The van der Waals surface area contributed by atoms with Crippen LogP contribution in [-0.2, 0) is 0 Å². The number of hydrogen-bond acceptors (Lipinski definition) is 0. The average Bonchev–Trinajstić information content (AvgIpc) is 2.47. The van der Waals surface area contributed by atoms with Crippen molar-refractivity contribution >= 4 is 22.0 Å². The molecule has 0 saturated heterocycles. The van der Waals surface area contributed by atoms with E-state index in [2.05, 4.69) is 47.1 Å². The smallest absolute Gasteiger partial charge is 0.0221 e. The van der Waals surface area contributed by atoms with Gasteiger partial charge in [0, 0.05) is 10.7 Å². The van der Waals surface area contributed by atoms with Crippen molar-refractivity contribution in [3.05, 3.63) is 41.5 Å². The summed E-state index contributed by atoms with van der Waals surface area (Å²) in [5.41, 5.74) is 2.73. The highest BCUT2D eigenvalue weighted by Crippen LogP contribution is 2.34. The maximum absolute atomic E-state index is 3.61. The maximum atomic E-state index is 3.61. The second kappa shape index (κ2) is 3.06. The Morgan fingerprint density at radius 1 is 1.58 bits per heavy atom. The number of allylic oxidation sites excluding steroid dienone is 1. The van der Waals surface area contributed by atoms with Crippen molar-refractivity contribution in [3.8, 4) is 0 Å². The van der Waals surface area contributed by atoms with E-state index in [-0.39, 0.29) is 0 Å². The van der Waals surface area contributed by atoms with Gasteiger partial charge in [0.1, 0.15) is 0 Å². The summed E-state index contributed by atoms with van der Waals surface area (Å²) in [5, 5.41) is 0. The minimum Gasteiger partial charge on any atom is -0.0884 e. The molecule has 2 unspecified atom stereocenters. The van der Waals surface area contributed by atoms with Gasteiger partial charge in [-0.15, -0.1) is 0 Å². The SMILES string of the molecule is CC(Br)C1C=Cc2c[c]ccc21. The quantitative estimate of drug-likeness (QED) is 0.639. The number of fused-ring (bicyclic) bond motifs is 1. The van der Waals surface area contributed by atoms with E-state index in [0.29, 0.717) is 10.7 Å². The summed E-state index contributed by atoms with van der Waals surface area (Å²) in [5.74, 6) is 0.537. The van der Waals surface area contributed by atoms with Crippen LogP contribution in [0, 0.1) is 6.07 Å². The van der Waals surface area contributed by atoms with Crippen molar-refractivity contribution in [2.75, 3.05) is 0 Å². The molecule has 1 aliphatic rings. The van der Waals surface area contributed by atoms with Gasteiger partial charge in [-0.05, 0) is 23.3 Å². The molecule has 0 fully saturated rings. The van der Waals surface area contributed by atoms with Gasteiger partial charge < -0.3 is 0 Å². The van der Waals surface area contributed by atoms with Crippen LogP contribution in [0.4, 0.5) is 0 Å². The molecule has 0 heterocycles. The van der Waals surface area contributed by atoms with Gasteiger partial charge in [-0.3, -0.25) is 0 Å². The number of hydrogen-bond donors (Lipinski definition) is 0. The molecule has 0 N–H and O–H groups in total. The molecule has 0 bridgehead atoms. The molecule has 0 aliphatic heterocycles. The Kier molecular flexibility index (Phi) is 2.05. The Morgan fingerprint density at radius 2 is 2.42 bits per heavy atom. The van der Waals surface area contributed by atoms with Crippen LogP contribution in [0.25, 0.3) is 6.08 Å². The van der Waals surface area contributed by atoms with E-state index in [1.807, 2.05) is 12.1 Å². The third-order valence-corrected chi connectivity index (χ3v) is 2.84. The largest absolute Gasteiger partial charge is 0.0884 e. The normalized spacial score (nSPS) is 22.3. The minimum atomic E-state index is 0.511. The zero-order chi connectivity index (χ0) is 8.55.